The second-order valence-electron chi connectivity index (χ2n) is 6.38. The number of carbonyl (C=O) groups is 1. The molecule has 146 valence electrons. The van der Waals surface area contributed by atoms with E-state index in [-0.39, 0.29) is 11.7 Å². The van der Waals surface area contributed by atoms with Gasteiger partial charge in [0.05, 0.1) is 11.4 Å². The summed E-state index contributed by atoms with van der Waals surface area (Å²) < 4.78 is 13.1. The lowest BCUT2D eigenvalue weighted by atomic mass is 10.0. The first-order valence-corrected chi connectivity index (χ1v) is 10.1. The van der Waals surface area contributed by atoms with Crippen molar-refractivity contribution in [2.24, 2.45) is 5.16 Å². The van der Waals surface area contributed by atoms with E-state index in [0.29, 0.717) is 22.8 Å². The van der Waals surface area contributed by atoms with Gasteiger partial charge < -0.3 is 10.2 Å². The molecule has 29 heavy (non-hydrogen) atoms. The summed E-state index contributed by atoms with van der Waals surface area (Å²) >= 11 is 7.47. The lowest BCUT2D eigenvalue weighted by Crippen LogP contribution is -2.28. The van der Waals surface area contributed by atoms with Crippen LogP contribution in [-0.2, 0) is 9.63 Å². The number of amides is 1. The van der Waals surface area contributed by atoms with Crippen molar-refractivity contribution in [3.8, 4) is 0 Å². The third kappa shape index (κ3) is 4.78. The molecule has 1 N–H and O–H groups in total. The van der Waals surface area contributed by atoms with Gasteiger partial charge in [-0.1, -0.05) is 52.8 Å². The zero-order chi connectivity index (χ0) is 20.2. The number of oxime groups is 1. The first-order valence-electron chi connectivity index (χ1n) is 8.90. The third-order valence-electron chi connectivity index (χ3n) is 4.33. The average Bonchev–Trinajstić information content (AvgIpc) is 3.22. The van der Waals surface area contributed by atoms with Gasteiger partial charge in [-0.25, -0.2) is 4.39 Å². The Labute approximate surface area is 176 Å². The number of nitrogens with zero attached hydrogens (tertiary/aromatic N) is 1. The molecule has 0 bridgehead atoms. The first-order chi connectivity index (χ1) is 14.1. The van der Waals surface area contributed by atoms with E-state index in [1.165, 1.54) is 23.9 Å². The van der Waals surface area contributed by atoms with E-state index in [1.807, 2.05) is 48.5 Å². The van der Waals surface area contributed by atoms with E-state index in [9.17, 15) is 9.18 Å². The molecule has 0 fully saturated rings. The van der Waals surface area contributed by atoms with Crippen LogP contribution >= 0.6 is 23.4 Å². The molecule has 7 heteroatoms. The van der Waals surface area contributed by atoms with Crippen LogP contribution < -0.4 is 5.32 Å². The molecular weight excluding hydrogens is 411 g/mol. The molecule has 0 spiro atoms. The summed E-state index contributed by atoms with van der Waals surface area (Å²) in [6.45, 7) is 0. The molecule has 4 nitrogen and oxygen atoms in total. The fourth-order valence-electron chi connectivity index (χ4n) is 2.83. The number of anilines is 1. The zero-order valence-corrected chi connectivity index (χ0v) is 16.7. The second kappa shape index (κ2) is 8.68. The number of hydrogen-bond acceptors (Lipinski definition) is 4. The molecule has 1 unspecified atom stereocenters. The molecule has 1 atom stereocenters. The SMILES string of the molecule is O=C(Nc1ccccc1Sc1ccc(Cl)cc1)C1CC(c2ccc(F)cc2)=NO1. The Morgan fingerprint density at radius 3 is 2.55 bits per heavy atom. The largest absolute Gasteiger partial charge is 0.382 e. The fraction of sp³-hybridized carbons (Fsp3) is 0.0909. The second-order valence-corrected chi connectivity index (χ2v) is 7.94. The van der Waals surface area contributed by atoms with Gasteiger partial charge in [-0.3, -0.25) is 4.79 Å². The van der Waals surface area contributed by atoms with Gasteiger partial charge in [-0.05, 0) is 54.1 Å². The molecule has 3 aromatic carbocycles. The van der Waals surface area contributed by atoms with Crippen molar-refractivity contribution in [1.29, 1.82) is 0 Å². The summed E-state index contributed by atoms with van der Waals surface area (Å²) in [5.41, 5.74) is 2.05. The molecular formula is C22H16ClFN2O2S. The number of carbonyl (C=O) groups excluding carboxylic acids is 1. The molecule has 1 aliphatic rings. The van der Waals surface area contributed by atoms with Gasteiger partial charge in [0, 0.05) is 21.2 Å². The highest BCUT2D eigenvalue weighted by Crippen LogP contribution is 2.34. The maximum Gasteiger partial charge on any atom is 0.268 e. The van der Waals surface area contributed by atoms with Gasteiger partial charge in [0.15, 0.2) is 0 Å². The highest BCUT2D eigenvalue weighted by Gasteiger charge is 2.29. The summed E-state index contributed by atoms with van der Waals surface area (Å²) in [6.07, 6.45) is -0.409. The van der Waals surface area contributed by atoms with Crippen molar-refractivity contribution in [3.63, 3.8) is 0 Å². The number of nitrogens with one attached hydrogen (secondary N) is 1. The third-order valence-corrected chi connectivity index (χ3v) is 5.66. The standard InChI is InChI=1S/C22H16ClFN2O2S/c23-15-7-11-17(12-8-15)29-21-4-2-1-3-18(21)25-22(27)20-13-19(26-28-20)14-5-9-16(24)10-6-14/h1-12,20H,13H2,(H,25,27). The number of hydrogen-bond donors (Lipinski definition) is 1. The van der Waals surface area contributed by atoms with Crippen LogP contribution in [0.3, 0.4) is 0 Å². The predicted molar refractivity (Wildman–Crippen MR) is 113 cm³/mol. The van der Waals surface area contributed by atoms with Crippen molar-refractivity contribution >= 4 is 40.7 Å². The van der Waals surface area contributed by atoms with Gasteiger partial charge in [0.1, 0.15) is 5.82 Å². The topological polar surface area (TPSA) is 50.7 Å². The van der Waals surface area contributed by atoms with Crippen LogP contribution in [0.25, 0.3) is 0 Å². The van der Waals surface area contributed by atoms with Crippen molar-refractivity contribution in [3.05, 3.63) is 89.2 Å². The molecule has 0 saturated carbocycles. The Morgan fingerprint density at radius 1 is 1.07 bits per heavy atom. The Kier molecular flexibility index (Phi) is 5.83. The highest BCUT2D eigenvalue weighted by molar-refractivity contribution is 7.99. The summed E-state index contributed by atoms with van der Waals surface area (Å²) in [7, 11) is 0. The maximum atomic E-state index is 13.1. The van der Waals surface area contributed by atoms with Crippen LogP contribution in [0.4, 0.5) is 10.1 Å². The zero-order valence-electron chi connectivity index (χ0n) is 15.1. The molecule has 1 heterocycles. The molecule has 1 aliphatic heterocycles. The number of benzene rings is 3. The Balaban J connectivity index is 1.43. The average molecular weight is 427 g/mol. The van der Waals surface area contributed by atoms with Crippen LogP contribution in [-0.4, -0.2) is 17.7 Å². The predicted octanol–water partition coefficient (Wildman–Crippen LogP) is 5.76. The highest BCUT2D eigenvalue weighted by atomic mass is 35.5. The minimum Gasteiger partial charge on any atom is -0.382 e. The van der Waals surface area contributed by atoms with Crippen molar-refractivity contribution in [1.82, 2.24) is 0 Å². The van der Waals surface area contributed by atoms with Crippen molar-refractivity contribution < 1.29 is 14.0 Å². The van der Waals surface area contributed by atoms with Crippen molar-refractivity contribution in [2.75, 3.05) is 5.32 Å². The Morgan fingerprint density at radius 2 is 1.79 bits per heavy atom. The monoisotopic (exact) mass is 426 g/mol. The molecule has 0 radical (unpaired) electrons. The first kappa shape index (κ1) is 19.5. The van der Waals surface area contributed by atoms with E-state index in [2.05, 4.69) is 10.5 Å². The van der Waals surface area contributed by atoms with Crippen LogP contribution in [0, 0.1) is 5.82 Å². The van der Waals surface area contributed by atoms with Crippen LogP contribution in [0.5, 0.6) is 0 Å². The lowest BCUT2D eigenvalue weighted by Gasteiger charge is -2.13. The molecule has 1 amide bonds. The van der Waals surface area contributed by atoms with E-state index in [0.717, 1.165) is 15.4 Å². The van der Waals surface area contributed by atoms with Crippen LogP contribution in [0.1, 0.15) is 12.0 Å². The normalized spacial score (nSPS) is 15.5. The van der Waals surface area contributed by atoms with E-state index >= 15 is 0 Å². The number of rotatable bonds is 5. The molecule has 3 aromatic rings. The molecule has 0 aromatic heterocycles. The van der Waals surface area contributed by atoms with E-state index in [1.54, 1.807) is 12.1 Å². The van der Waals surface area contributed by atoms with Gasteiger partial charge in [-0.15, -0.1) is 0 Å². The molecule has 0 saturated heterocycles. The minimum atomic E-state index is -0.733. The fourth-order valence-corrected chi connectivity index (χ4v) is 3.86. The Bertz CT molecular complexity index is 1060. The van der Waals surface area contributed by atoms with E-state index < -0.39 is 6.10 Å². The van der Waals surface area contributed by atoms with Crippen LogP contribution in [0.15, 0.2) is 87.7 Å². The maximum absolute atomic E-state index is 13.1. The number of para-hydroxylation sites is 1. The van der Waals surface area contributed by atoms with E-state index in [4.69, 9.17) is 16.4 Å². The quantitative estimate of drug-likeness (QED) is 0.564. The summed E-state index contributed by atoms with van der Waals surface area (Å²) in [4.78, 5) is 19.9. The van der Waals surface area contributed by atoms with Gasteiger partial charge in [-0.2, -0.15) is 0 Å². The minimum absolute atomic E-state index is 0.282. The van der Waals surface area contributed by atoms with Crippen LogP contribution in [0.2, 0.25) is 5.02 Å². The lowest BCUT2D eigenvalue weighted by molar-refractivity contribution is -0.125. The Hall–Kier alpha value is -2.83. The van der Waals surface area contributed by atoms with Gasteiger partial charge in [0.2, 0.25) is 6.10 Å². The molecule has 0 aliphatic carbocycles. The number of halogens is 2. The summed E-state index contributed by atoms with van der Waals surface area (Å²) in [5, 5.41) is 7.59. The van der Waals surface area contributed by atoms with Crippen molar-refractivity contribution in [2.45, 2.75) is 22.3 Å². The van der Waals surface area contributed by atoms with Gasteiger partial charge in [0.25, 0.3) is 5.91 Å². The summed E-state index contributed by atoms with van der Waals surface area (Å²) in [5.74, 6) is -0.604. The summed E-state index contributed by atoms with van der Waals surface area (Å²) in [6, 6.07) is 21.0. The molecule has 4 rings (SSSR count). The van der Waals surface area contributed by atoms with Gasteiger partial charge >= 0.3 is 0 Å². The smallest absolute Gasteiger partial charge is 0.268 e.